The highest BCUT2D eigenvalue weighted by molar-refractivity contribution is 5.95. The van der Waals surface area contributed by atoms with Crippen LogP contribution in [-0.4, -0.2) is 19.9 Å². The smallest absolute Gasteiger partial charge is 0.0693 e. The Labute approximate surface area is 214 Å². The molecule has 2 aliphatic heterocycles. The lowest BCUT2D eigenvalue weighted by molar-refractivity contribution is 1.14. The molecule has 8 bridgehead atoms. The summed E-state index contributed by atoms with van der Waals surface area (Å²) in [6, 6.07) is 8.98. The van der Waals surface area contributed by atoms with Gasteiger partial charge >= 0.3 is 0 Å². The summed E-state index contributed by atoms with van der Waals surface area (Å²) in [5.74, 6) is 0. The van der Waals surface area contributed by atoms with Gasteiger partial charge in [-0.25, -0.2) is 9.97 Å². The van der Waals surface area contributed by atoms with Crippen LogP contribution >= 0.6 is 0 Å². The second-order valence-corrected chi connectivity index (χ2v) is 10.1. The Morgan fingerprint density at radius 1 is 0.500 bits per heavy atom. The first kappa shape index (κ1) is 24.3. The summed E-state index contributed by atoms with van der Waals surface area (Å²) in [6.45, 7) is 17.8. The van der Waals surface area contributed by atoms with Crippen molar-refractivity contribution in [3.8, 4) is 0 Å². The van der Waals surface area contributed by atoms with Crippen molar-refractivity contribution in [3.63, 3.8) is 0 Å². The number of nitrogens with one attached hydrogen (secondary N) is 2. The largest absolute Gasteiger partial charge is 0.355 e. The Balaban J connectivity index is 2.00. The first-order chi connectivity index (χ1) is 17.3. The maximum absolute atomic E-state index is 5.13. The van der Waals surface area contributed by atoms with Gasteiger partial charge in [-0.1, -0.05) is 27.7 Å². The fourth-order valence-electron chi connectivity index (χ4n) is 6.02. The Bertz CT molecular complexity index is 1600. The van der Waals surface area contributed by atoms with Crippen molar-refractivity contribution in [2.45, 2.75) is 81.1 Å². The number of rotatable bonds is 4. The summed E-state index contributed by atoms with van der Waals surface area (Å²) in [5.41, 5.74) is 19.3. The lowest BCUT2D eigenvalue weighted by Crippen LogP contribution is -1.84. The van der Waals surface area contributed by atoms with Crippen LogP contribution in [0.3, 0.4) is 0 Å². The van der Waals surface area contributed by atoms with Gasteiger partial charge in [0.1, 0.15) is 0 Å². The van der Waals surface area contributed by atoms with Gasteiger partial charge < -0.3 is 9.97 Å². The van der Waals surface area contributed by atoms with Gasteiger partial charge in [0.25, 0.3) is 0 Å². The monoisotopic (exact) mass is 478 g/mol. The van der Waals surface area contributed by atoms with E-state index in [9.17, 15) is 0 Å². The molecule has 0 unspecified atom stereocenters. The molecule has 3 aromatic heterocycles. The minimum atomic E-state index is 0.949. The zero-order valence-corrected chi connectivity index (χ0v) is 23.0. The van der Waals surface area contributed by atoms with Crippen molar-refractivity contribution in [2.24, 2.45) is 0 Å². The molecular weight excluding hydrogens is 440 g/mol. The molecule has 0 radical (unpaired) electrons. The molecule has 0 aliphatic carbocycles. The first-order valence-corrected chi connectivity index (χ1v) is 13.4. The number of nitrogens with zero attached hydrogens (tertiary/aromatic N) is 2. The molecule has 0 amide bonds. The van der Waals surface area contributed by atoms with Crippen molar-refractivity contribution in [2.75, 3.05) is 0 Å². The van der Waals surface area contributed by atoms with Crippen LogP contribution in [0.1, 0.15) is 99.4 Å². The van der Waals surface area contributed by atoms with Crippen molar-refractivity contribution in [1.82, 2.24) is 19.9 Å². The van der Waals surface area contributed by atoms with Gasteiger partial charge in [-0.05, 0) is 122 Å². The number of aromatic nitrogens is 4. The first-order valence-electron chi connectivity index (χ1n) is 13.4. The third-order valence-corrected chi connectivity index (χ3v) is 8.21. The molecule has 3 aromatic rings. The number of aromatic amines is 2. The highest BCUT2D eigenvalue weighted by atomic mass is 14.8. The third-order valence-electron chi connectivity index (χ3n) is 8.21. The van der Waals surface area contributed by atoms with Crippen LogP contribution in [0.5, 0.6) is 0 Å². The molecule has 4 nitrogen and oxygen atoms in total. The SMILES string of the molecule is CCC1=C(C)c2cc3[nH]c(cc4[nH]c(cc5nc(cc1n2)C(C)=C5CC)c(C)c4CC)c(CC)c3C. The van der Waals surface area contributed by atoms with Crippen LogP contribution < -0.4 is 0 Å². The summed E-state index contributed by atoms with van der Waals surface area (Å²) in [5, 5.41) is 0. The Morgan fingerprint density at radius 3 is 1.36 bits per heavy atom. The summed E-state index contributed by atoms with van der Waals surface area (Å²) in [7, 11) is 0. The zero-order valence-electron chi connectivity index (χ0n) is 23.0. The van der Waals surface area contributed by atoms with Crippen LogP contribution in [0.2, 0.25) is 0 Å². The van der Waals surface area contributed by atoms with E-state index in [1.807, 2.05) is 0 Å². The number of allylic oxidation sites excluding steroid dienone is 4. The maximum atomic E-state index is 5.13. The van der Waals surface area contributed by atoms with Crippen molar-refractivity contribution >= 4 is 44.4 Å². The van der Waals surface area contributed by atoms with E-state index in [-0.39, 0.29) is 0 Å². The minimum absolute atomic E-state index is 0.949. The number of hydrogen-bond donors (Lipinski definition) is 2. The fraction of sp³-hybridized carbons (Fsp3) is 0.375. The molecule has 0 aromatic carbocycles. The van der Waals surface area contributed by atoms with E-state index in [2.05, 4.69) is 89.6 Å². The molecule has 0 spiro atoms. The van der Waals surface area contributed by atoms with E-state index in [0.717, 1.165) is 59.5 Å². The van der Waals surface area contributed by atoms with Crippen molar-refractivity contribution in [3.05, 3.63) is 69.3 Å². The quantitative estimate of drug-likeness (QED) is 0.394. The van der Waals surface area contributed by atoms with Gasteiger partial charge in [0.2, 0.25) is 0 Å². The Kier molecular flexibility index (Phi) is 6.23. The summed E-state index contributed by atoms with van der Waals surface area (Å²) in [4.78, 5) is 17.7. The molecule has 5 rings (SSSR count). The van der Waals surface area contributed by atoms with Crippen molar-refractivity contribution < 1.29 is 0 Å². The average molecular weight is 479 g/mol. The molecule has 4 heteroatoms. The van der Waals surface area contributed by atoms with Crippen LogP contribution in [0.15, 0.2) is 24.3 Å². The average Bonchev–Trinajstić information content (AvgIpc) is 3.51. The lowest BCUT2D eigenvalue weighted by Gasteiger charge is -2.01. The number of H-pyrrole nitrogens is 2. The summed E-state index contributed by atoms with van der Waals surface area (Å²) < 4.78 is 0. The van der Waals surface area contributed by atoms with E-state index in [4.69, 9.17) is 9.97 Å². The number of fused-ring (bicyclic) bond motifs is 8. The molecule has 2 N–H and O–H groups in total. The van der Waals surface area contributed by atoms with Gasteiger partial charge in [0.15, 0.2) is 0 Å². The van der Waals surface area contributed by atoms with Gasteiger partial charge in [0, 0.05) is 22.1 Å². The van der Waals surface area contributed by atoms with Gasteiger partial charge in [-0.15, -0.1) is 0 Å². The number of aryl methyl sites for hydroxylation is 4. The highest BCUT2D eigenvalue weighted by Gasteiger charge is 2.20. The van der Waals surface area contributed by atoms with E-state index in [1.165, 1.54) is 55.6 Å². The standard InChI is InChI=1S/C32H38N4/c1-9-21-17(5)25-13-26-18(6)23(11-3)31(34-26)16-32-24(12-4)20(8)28(36-32)15-30-22(10-2)19(7)27(35-30)14-29(21)33-25/h13-16,34,36H,9-12H2,1-8H3. The normalized spacial score (nSPS) is 13.8. The van der Waals surface area contributed by atoms with E-state index >= 15 is 0 Å². The van der Waals surface area contributed by atoms with E-state index in [1.54, 1.807) is 0 Å². The lowest BCUT2D eigenvalue weighted by atomic mass is 10.0. The molecule has 0 saturated heterocycles. The third kappa shape index (κ3) is 3.75. The molecule has 0 fully saturated rings. The molecule has 2 aliphatic rings. The van der Waals surface area contributed by atoms with Crippen molar-refractivity contribution in [1.29, 1.82) is 0 Å². The van der Waals surface area contributed by atoms with Crippen LogP contribution in [0.4, 0.5) is 0 Å². The van der Waals surface area contributed by atoms with Gasteiger partial charge in [-0.2, -0.15) is 0 Å². The molecule has 36 heavy (non-hydrogen) atoms. The van der Waals surface area contributed by atoms with Crippen LogP contribution in [0.25, 0.3) is 44.4 Å². The summed E-state index contributed by atoms with van der Waals surface area (Å²) in [6.07, 6.45) is 3.86. The molecular formula is C32H38N4. The molecule has 5 heterocycles. The molecule has 0 atom stereocenters. The predicted octanol–water partition coefficient (Wildman–Crippen LogP) is 8.74. The topological polar surface area (TPSA) is 57.4 Å². The zero-order chi connectivity index (χ0) is 25.7. The Hall–Kier alpha value is -3.40. The van der Waals surface area contributed by atoms with Crippen LogP contribution in [-0.2, 0) is 12.8 Å². The number of hydrogen-bond acceptors (Lipinski definition) is 2. The second kappa shape index (κ2) is 9.24. The highest BCUT2D eigenvalue weighted by Crippen LogP contribution is 2.36. The van der Waals surface area contributed by atoms with E-state index < -0.39 is 0 Å². The van der Waals surface area contributed by atoms with E-state index in [0.29, 0.717) is 0 Å². The second-order valence-electron chi connectivity index (χ2n) is 10.1. The Morgan fingerprint density at radius 2 is 0.917 bits per heavy atom. The van der Waals surface area contributed by atoms with Crippen LogP contribution in [0, 0.1) is 13.8 Å². The fourth-order valence-corrected chi connectivity index (χ4v) is 6.02. The molecule has 0 saturated carbocycles. The van der Waals surface area contributed by atoms with Gasteiger partial charge in [-0.3, -0.25) is 0 Å². The maximum Gasteiger partial charge on any atom is 0.0693 e. The predicted molar refractivity (Wildman–Crippen MR) is 155 cm³/mol. The summed E-state index contributed by atoms with van der Waals surface area (Å²) >= 11 is 0. The van der Waals surface area contributed by atoms with Gasteiger partial charge in [0.05, 0.1) is 22.8 Å². The molecule has 186 valence electrons. The minimum Gasteiger partial charge on any atom is -0.355 e.